The molecule has 3 aromatic carbocycles. The normalized spacial score (nSPS) is 16.1. The molecule has 1 fully saturated rings. The van der Waals surface area contributed by atoms with Crippen LogP contribution in [0.2, 0.25) is 0 Å². The summed E-state index contributed by atoms with van der Waals surface area (Å²) < 4.78 is 42.6. The smallest absolute Gasteiger partial charge is 0.270 e. The number of hydrogen-bond acceptors (Lipinski definition) is 6. The number of H-pyrrole nitrogens is 1. The minimum Gasteiger partial charge on any atom is -0.384 e. The van der Waals surface area contributed by atoms with Crippen LogP contribution < -0.4 is 5.32 Å². The molecular formula is C36H40F3N5O4S. The summed E-state index contributed by atoms with van der Waals surface area (Å²) in [6.45, 7) is 8.58. The Hall–Kier alpha value is -4.75. The number of nitrogens with zero attached hydrogens (tertiary/aromatic N) is 3. The molecule has 6 rings (SSSR count). The third kappa shape index (κ3) is 9.24. The van der Waals surface area contributed by atoms with Crippen LogP contribution in [0.3, 0.4) is 0 Å². The number of hydrogen-bond donors (Lipinski definition) is 3. The second-order valence-corrected chi connectivity index (χ2v) is 13.6. The van der Waals surface area contributed by atoms with Crippen LogP contribution in [0.25, 0.3) is 21.1 Å². The van der Waals surface area contributed by atoms with Gasteiger partial charge in [-0.1, -0.05) is 58.0 Å². The van der Waals surface area contributed by atoms with Gasteiger partial charge in [-0.25, -0.2) is 18.2 Å². The lowest BCUT2D eigenvalue weighted by atomic mass is 10.0. The number of anilines is 1. The van der Waals surface area contributed by atoms with E-state index in [1.54, 1.807) is 4.90 Å². The first-order chi connectivity index (χ1) is 23.3. The van der Waals surface area contributed by atoms with E-state index in [4.69, 9.17) is 0 Å². The molecule has 3 atom stereocenters. The van der Waals surface area contributed by atoms with Crippen molar-refractivity contribution >= 4 is 56.4 Å². The van der Waals surface area contributed by atoms with Crippen LogP contribution in [0.4, 0.5) is 18.9 Å². The van der Waals surface area contributed by atoms with E-state index in [1.807, 2.05) is 61.5 Å². The minimum absolute atomic E-state index is 0.138. The fraction of sp³-hybridized carbons (Fsp3) is 0.333. The van der Waals surface area contributed by atoms with Crippen LogP contribution in [0.5, 0.6) is 0 Å². The fourth-order valence-corrected chi connectivity index (χ4v) is 6.34. The van der Waals surface area contributed by atoms with Crippen LogP contribution in [0, 0.1) is 29.3 Å². The molecule has 3 N–H and O–H groups in total. The number of rotatable bonds is 7. The van der Waals surface area contributed by atoms with E-state index in [0.717, 1.165) is 32.8 Å². The summed E-state index contributed by atoms with van der Waals surface area (Å²) in [5.74, 6) is -3.75. The van der Waals surface area contributed by atoms with Crippen molar-refractivity contribution in [2.24, 2.45) is 11.8 Å². The molecule has 260 valence electrons. The molecule has 2 aromatic heterocycles. The van der Waals surface area contributed by atoms with Gasteiger partial charge in [0.1, 0.15) is 22.6 Å². The maximum Gasteiger partial charge on any atom is 0.270 e. The van der Waals surface area contributed by atoms with E-state index >= 15 is 0 Å². The number of para-hydroxylation sites is 2. The Morgan fingerprint density at radius 1 is 1.08 bits per heavy atom. The highest BCUT2D eigenvalue weighted by atomic mass is 32.1. The third-order valence-electron chi connectivity index (χ3n) is 7.51. The second kappa shape index (κ2) is 16.6. The molecule has 0 spiro atoms. The van der Waals surface area contributed by atoms with Crippen LogP contribution in [0.15, 0.2) is 66.7 Å². The number of aromatic amines is 1. The summed E-state index contributed by atoms with van der Waals surface area (Å²) in [6, 6.07) is 17.8. The number of aromatic nitrogens is 2. The number of amides is 3. The topological polar surface area (TPSA) is 119 Å². The molecular weight excluding hydrogens is 655 g/mol. The lowest BCUT2D eigenvalue weighted by molar-refractivity contribution is -0.134. The molecule has 9 nitrogen and oxygen atoms in total. The maximum absolute atomic E-state index is 14.0. The van der Waals surface area contributed by atoms with E-state index < -0.39 is 41.0 Å². The summed E-state index contributed by atoms with van der Waals surface area (Å²) in [4.78, 5) is 45.6. The third-order valence-corrected chi connectivity index (χ3v) is 8.61. The van der Waals surface area contributed by atoms with Crippen molar-refractivity contribution in [2.75, 3.05) is 25.5 Å². The highest BCUT2D eigenvalue weighted by Gasteiger charge is 2.39. The first kappa shape index (κ1) is 37.1. The molecule has 5 aromatic rings. The lowest BCUT2D eigenvalue weighted by Crippen LogP contribution is -2.45. The Morgan fingerprint density at radius 2 is 1.73 bits per heavy atom. The number of likely N-dealkylation sites (tertiary alicyclic amines) is 1. The predicted molar refractivity (Wildman–Crippen MR) is 186 cm³/mol. The number of aliphatic hydroxyl groups is 1. The van der Waals surface area contributed by atoms with Gasteiger partial charge in [-0.2, -0.15) is 0 Å². The van der Waals surface area contributed by atoms with E-state index in [0.29, 0.717) is 30.4 Å². The zero-order valence-electron chi connectivity index (χ0n) is 27.9. The van der Waals surface area contributed by atoms with Crippen molar-refractivity contribution < 1.29 is 32.7 Å². The molecule has 3 amide bonds. The van der Waals surface area contributed by atoms with Gasteiger partial charge in [-0.15, -0.1) is 11.3 Å². The molecule has 3 unspecified atom stereocenters. The molecule has 0 saturated carbocycles. The standard InChI is InChI=1S/C25H23F3N4O3S.C7H7NO.C4H10/c1-12-7-18(23(34)24-30-16-5-3-4-6-19(16)36-24)32(10-12)20(33)11-31(2)25(35)17-8-13-14(26)9-15(27)21(28)22(13)29-17;9-6-8-7-4-2-1-3-5-7;1-4(2)3/h3-6,8-9,12,18,23,29,34H,7,10-11H2,1-2H3;1-6H,(H,8,9);4H,1-3H3. The van der Waals surface area contributed by atoms with Gasteiger partial charge >= 0.3 is 0 Å². The number of thiazole rings is 1. The fourth-order valence-electron chi connectivity index (χ4n) is 5.33. The van der Waals surface area contributed by atoms with E-state index in [2.05, 4.69) is 36.1 Å². The van der Waals surface area contributed by atoms with Gasteiger partial charge in [0.05, 0.1) is 28.3 Å². The first-order valence-corrected chi connectivity index (χ1v) is 16.6. The Morgan fingerprint density at radius 3 is 2.39 bits per heavy atom. The van der Waals surface area contributed by atoms with E-state index in [9.17, 15) is 32.7 Å². The average Bonchev–Trinajstić information content (AvgIpc) is 3.81. The maximum atomic E-state index is 14.0. The van der Waals surface area contributed by atoms with Crippen molar-refractivity contribution in [1.82, 2.24) is 19.8 Å². The van der Waals surface area contributed by atoms with Crippen LogP contribution in [-0.4, -0.2) is 69.3 Å². The molecule has 0 aliphatic carbocycles. The lowest BCUT2D eigenvalue weighted by Gasteiger charge is -2.29. The van der Waals surface area contributed by atoms with Gasteiger partial charge in [0.2, 0.25) is 12.3 Å². The van der Waals surface area contributed by atoms with Crippen molar-refractivity contribution in [2.45, 2.75) is 46.3 Å². The molecule has 49 heavy (non-hydrogen) atoms. The molecule has 3 heterocycles. The van der Waals surface area contributed by atoms with E-state index in [1.165, 1.54) is 18.4 Å². The molecule has 0 bridgehead atoms. The quantitative estimate of drug-likeness (QED) is 0.123. The predicted octanol–water partition coefficient (Wildman–Crippen LogP) is 7.15. The number of likely N-dealkylation sites (N-methyl/N-ethyl adjacent to an activating group) is 1. The number of benzene rings is 3. The van der Waals surface area contributed by atoms with Crippen LogP contribution in [0.1, 0.15) is 55.7 Å². The van der Waals surface area contributed by atoms with Gasteiger partial charge in [0.15, 0.2) is 11.6 Å². The Bertz CT molecular complexity index is 1860. The summed E-state index contributed by atoms with van der Waals surface area (Å²) in [5, 5.41) is 13.9. The minimum atomic E-state index is -1.37. The van der Waals surface area contributed by atoms with Crippen molar-refractivity contribution in [3.05, 3.63) is 94.9 Å². The molecule has 13 heteroatoms. The monoisotopic (exact) mass is 695 g/mol. The van der Waals surface area contributed by atoms with Crippen molar-refractivity contribution in [1.29, 1.82) is 0 Å². The number of aliphatic hydroxyl groups excluding tert-OH is 1. The van der Waals surface area contributed by atoms with Gasteiger partial charge in [0.25, 0.3) is 5.91 Å². The number of halogens is 3. The Balaban J connectivity index is 0.000000350. The molecule has 0 radical (unpaired) electrons. The van der Waals surface area contributed by atoms with Crippen molar-refractivity contribution in [3.8, 4) is 0 Å². The summed E-state index contributed by atoms with van der Waals surface area (Å²) >= 11 is 1.37. The number of fused-ring (bicyclic) bond motifs is 2. The van der Waals surface area contributed by atoms with Crippen LogP contribution in [-0.2, 0) is 9.59 Å². The number of nitrogens with one attached hydrogen (secondary N) is 2. The van der Waals surface area contributed by atoms with Crippen molar-refractivity contribution in [3.63, 3.8) is 0 Å². The SMILES string of the molecule is CC(C)C.CC1CC(C(O)c2nc3ccccc3s2)N(C(=O)CN(C)C(=O)c2cc3c(F)cc(F)c(F)c3[nH]2)C1.O=CNc1ccccc1. The zero-order chi connectivity index (χ0) is 35.8. The van der Waals surface area contributed by atoms with Gasteiger partial charge < -0.3 is 25.2 Å². The molecule has 1 aliphatic rings. The average molecular weight is 696 g/mol. The Labute approximate surface area is 286 Å². The molecule has 1 saturated heterocycles. The number of carbonyl (C=O) groups is 3. The van der Waals surface area contributed by atoms with Gasteiger partial charge in [0, 0.05) is 30.7 Å². The van der Waals surface area contributed by atoms with E-state index in [-0.39, 0.29) is 29.4 Å². The summed E-state index contributed by atoms with van der Waals surface area (Å²) in [6.07, 6.45) is 0.258. The highest BCUT2D eigenvalue weighted by molar-refractivity contribution is 7.18. The van der Waals surface area contributed by atoms with Crippen LogP contribution >= 0.6 is 11.3 Å². The number of carbonyl (C=O) groups excluding carboxylic acids is 3. The summed E-state index contributed by atoms with van der Waals surface area (Å²) in [5.41, 5.74) is 0.969. The Kier molecular flexibility index (Phi) is 12.5. The highest BCUT2D eigenvalue weighted by Crippen LogP contribution is 2.36. The molecule has 1 aliphatic heterocycles. The van der Waals surface area contributed by atoms with Gasteiger partial charge in [-0.05, 0) is 48.6 Å². The second-order valence-electron chi connectivity index (χ2n) is 12.6. The summed E-state index contributed by atoms with van der Waals surface area (Å²) in [7, 11) is 1.39. The van der Waals surface area contributed by atoms with Gasteiger partial charge in [-0.3, -0.25) is 14.4 Å². The largest absolute Gasteiger partial charge is 0.384 e. The first-order valence-electron chi connectivity index (χ1n) is 15.8. The zero-order valence-corrected chi connectivity index (χ0v) is 28.7.